The normalized spacial score (nSPS) is 18.3. The Hall–Kier alpha value is -2.20. The summed E-state index contributed by atoms with van der Waals surface area (Å²) in [6.45, 7) is 1.18. The van der Waals surface area contributed by atoms with Gasteiger partial charge in [-0.3, -0.25) is 10.1 Å². The lowest BCUT2D eigenvalue weighted by Gasteiger charge is -2.11. The van der Waals surface area contributed by atoms with Gasteiger partial charge in [-0.25, -0.2) is 4.98 Å². The second kappa shape index (κ2) is 5.42. The fourth-order valence-electron chi connectivity index (χ4n) is 1.81. The molecule has 0 bridgehead atoms. The van der Waals surface area contributed by atoms with Gasteiger partial charge in [-0.05, 0) is 18.9 Å². The highest BCUT2D eigenvalue weighted by molar-refractivity contribution is 5.57. The van der Waals surface area contributed by atoms with Gasteiger partial charge in [-0.2, -0.15) is 5.26 Å². The average molecular weight is 248 g/mol. The molecule has 0 unspecified atom stereocenters. The lowest BCUT2D eigenvalue weighted by atomic mass is 10.2. The van der Waals surface area contributed by atoms with Gasteiger partial charge in [-0.15, -0.1) is 0 Å². The molecule has 1 N–H and O–H groups in total. The topological polar surface area (TPSA) is 101 Å². The van der Waals surface area contributed by atoms with Crippen molar-refractivity contribution >= 4 is 11.5 Å². The molecule has 2 heterocycles. The molecule has 94 valence electrons. The van der Waals surface area contributed by atoms with Crippen LogP contribution in [0.5, 0.6) is 0 Å². The Morgan fingerprint density at radius 1 is 1.67 bits per heavy atom. The molecule has 1 saturated heterocycles. The Kier molecular flexibility index (Phi) is 3.69. The Morgan fingerprint density at radius 2 is 2.50 bits per heavy atom. The van der Waals surface area contributed by atoms with Crippen LogP contribution in [0.15, 0.2) is 12.1 Å². The van der Waals surface area contributed by atoms with Crippen LogP contribution in [0.25, 0.3) is 0 Å². The van der Waals surface area contributed by atoms with Gasteiger partial charge in [-0.1, -0.05) is 0 Å². The summed E-state index contributed by atoms with van der Waals surface area (Å²) in [5.74, 6) is 0.120. The molecule has 0 aliphatic carbocycles. The molecule has 0 aromatic carbocycles. The van der Waals surface area contributed by atoms with Crippen LogP contribution in [-0.4, -0.2) is 29.2 Å². The molecule has 1 aliphatic heterocycles. The molecule has 0 radical (unpaired) electrons. The number of pyridine rings is 1. The third-order valence-electron chi connectivity index (χ3n) is 2.71. The molecule has 7 heteroatoms. The van der Waals surface area contributed by atoms with Crippen molar-refractivity contribution in [1.82, 2.24) is 4.98 Å². The van der Waals surface area contributed by atoms with E-state index in [-0.39, 0.29) is 23.3 Å². The Balaban J connectivity index is 2.13. The highest BCUT2D eigenvalue weighted by atomic mass is 16.6. The second-order valence-corrected chi connectivity index (χ2v) is 3.95. The van der Waals surface area contributed by atoms with E-state index < -0.39 is 4.92 Å². The lowest BCUT2D eigenvalue weighted by Crippen LogP contribution is -2.19. The molecule has 2 rings (SSSR count). The fraction of sp³-hybridized carbons (Fsp3) is 0.455. The number of nitrogens with zero attached hydrogens (tertiary/aromatic N) is 3. The highest BCUT2D eigenvalue weighted by Gasteiger charge is 2.19. The molecular formula is C11H12N4O3. The first kappa shape index (κ1) is 12.3. The number of anilines is 1. The zero-order chi connectivity index (χ0) is 13.0. The second-order valence-electron chi connectivity index (χ2n) is 3.95. The lowest BCUT2D eigenvalue weighted by molar-refractivity contribution is -0.384. The van der Waals surface area contributed by atoms with E-state index in [1.807, 2.05) is 6.07 Å². The van der Waals surface area contributed by atoms with Crippen molar-refractivity contribution in [2.24, 2.45) is 0 Å². The van der Waals surface area contributed by atoms with Crippen molar-refractivity contribution in [2.45, 2.75) is 18.9 Å². The summed E-state index contributed by atoms with van der Waals surface area (Å²) in [6.07, 6.45) is 1.98. The maximum atomic E-state index is 10.8. The van der Waals surface area contributed by atoms with Gasteiger partial charge < -0.3 is 10.1 Å². The number of hydrogen-bond donors (Lipinski definition) is 1. The van der Waals surface area contributed by atoms with E-state index in [2.05, 4.69) is 10.3 Å². The standard InChI is InChI=1S/C11H12N4O3/c12-6-8-3-4-10(15(16)17)11(14-8)13-7-9-2-1-5-18-9/h3-4,9H,1-2,5,7H2,(H,13,14)/t9-/m1/s1. The fourth-order valence-corrected chi connectivity index (χ4v) is 1.81. The van der Waals surface area contributed by atoms with Crippen LogP contribution < -0.4 is 5.32 Å². The Labute approximate surface area is 104 Å². The minimum atomic E-state index is -0.522. The van der Waals surface area contributed by atoms with Crippen LogP contribution in [0.4, 0.5) is 11.5 Å². The first-order valence-corrected chi connectivity index (χ1v) is 5.61. The largest absolute Gasteiger partial charge is 0.376 e. The summed E-state index contributed by atoms with van der Waals surface area (Å²) in [7, 11) is 0. The van der Waals surface area contributed by atoms with E-state index in [9.17, 15) is 10.1 Å². The molecule has 18 heavy (non-hydrogen) atoms. The Bertz CT molecular complexity index is 492. The summed E-state index contributed by atoms with van der Waals surface area (Å²) in [6, 6.07) is 4.47. The third kappa shape index (κ3) is 2.73. The number of rotatable bonds is 4. The van der Waals surface area contributed by atoms with E-state index >= 15 is 0 Å². The maximum Gasteiger partial charge on any atom is 0.311 e. The SMILES string of the molecule is N#Cc1ccc([N+](=O)[O-])c(NC[C@H]2CCCO2)n1. The van der Waals surface area contributed by atoms with Gasteiger partial charge in [0.2, 0.25) is 5.82 Å². The van der Waals surface area contributed by atoms with Crippen molar-refractivity contribution in [1.29, 1.82) is 5.26 Å². The van der Waals surface area contributed by atoms with Gasteiger partial charge in [0, 0.05) is 19.2 Å². The van der Waals surface area contributed by atoms with Gasteiger partial charge in [0.25, 0.3) is 0 Å². The summed E-state index contributed by atoms with van der Waals surface area (Å²) < 4.78 is 5.41. The van der Waals surface area contributed by atoms with Crippen LogP contribution >= 0.6 is 0 Å². The number of nitriles is 1. The summed E-state index contributed by atoms with van der Waals surface area (Å²) in [5, 5.41) is 22.4. The predicted octanol–water partition coefficient (Wildman–Crippen LogP) is 1.45. The highest BCUT2D eigenvalue weighted by Crippen LogP contribution is 2.22. The van der Waals surface area contributed by atoms with Crippen LogP contribution in [-0.2, 0) is 4.74 Å². The smallest absolute Gasteiger partial charge is 0.311 e. The number of hydrogen-bond acceptors (Lipinski definition) is 6. The number of aromatic nitrogens is 1. The first-order chi connectivity index (χ1) is 8.70. The first-order valence-electron chi connectivity index (χ1n) is 5.61. The van der Waals surface area contributed by atoms with E-state index in [0.717, 1.165) is 19.4 Å². The quantitative estimate of drug-likeness (QED) is 0.639. The molecule has 0 saturated carbocycles. The number of ether oxygens (including phenoxy) is 1. The van der Waals surface area contributed by atoms with Crippen LogP contribution in [0.2, 0.25) is 0 Å². The van der Waals surface area contributed by atoms with Gasteiger partial charge in [0.15, 0.2) is 0 Å². The van der Waals surface area contributed by atoms with Crippen molar-refractivity contribution in [3.63, 3.8) is 0 Å². The van der Waals surface area contributed by atoms with Crippen molar-refractivity contribution in [3.8, 4) is 6.07 Å². The van der Waals surface area contributed by atoms with E-state index in [1.54, 1.807) is 0 Å². The molecule has 1 fully saturated rings. The molecular weight excluding hydrogens is 236 g/mol. The zero-order valence-corrected chi connectivity index (χ0v) is 9.63. The van der Waals surface area contributed by atoms with Gasteiger partial charge in [0.05, 0.1) is 11.0 Å². The maximum absolute atomic E-state index is 10.8. The summed E-state index contributed by atoms with van der Waals surface area (Å²) in [4.78, 5) is 14.2. The molecule has 1 atom stereocenters. The third-order valence-corrected chi connectivity index (χ3v) is 2.71. The van der Waals surface area contributed by atoms with Gasteiger partial charge in [0.1, 0.15) is 11.8 Å². The molecule has 1 aromatic rings. The van der Waals surface area contributed by atoms with E-state index in [4.69, 9.17) is 10.00 Å². The summed E-state index contributed by atoms with van der Waals surface area (Å²) >= 11 is 0. The minimum absolute atomic E-state index is 0.0529. The van der Waals surface area contributed by atoms with E-state index in [1.165, 1.54) is 12.1 Å². The van der Waals surface area contributed by atoms with E-state index in [0.29, 0.717) is 6.54 Å². The van der Waals surface area contributed by atoms with Crippen LogP contribution in [0, 0.1) is 21.4 Å². The zero-order valence-electron chi connectivity index (χ0n) is 9.63. The predicted molar refractivity (Wildman–Crippen MR) is 63.1 cm³/mol. The molecule has 0 spiro atoms. The van der Waals surface area contributed by atoms with Gasteiger partial charge >= 0.3 is 5.69 Å². The number of nitro groups is 1. The minimum Gasteiger partial charge on any atom is -0.376 e. The summed E-state index contributed by atoms with van der Waals surface area (Å²) in [5.41, 5.74) is 0.0161. The number of nitrogens with one attached hydrogen (secondary N) is 1. The van der Waals surface area contributed by atoms with Crippen molar-refractivity contribution < 1.29 is 9.66 Å². The molecule has 7 nitrogen and oxygen atoms in total. The van der Waals surface area contributed by atoms with Crippen molar-refractivity contribution in [2.75, 3.05) is 18.5 Å². The average Bonchev–Trinajstić information content (AvgIpc) is 2.88. The van der Waals surface area contributed by atoms with Crippen LogP contribution in [0.3, 0.4) is 0 Å². The molecule has 1 aliphatic rings. The Morgan fingerprint density at radius 3 is 3.11 bits per heavy atom. The molecule has 1 aromatic heterocycles. The van der Waals surface area contributed by atoms with Crippen LogP contribution in [0.1, 0.15) is 18.5 Å². The van der Waals surface area contributed by atoms with Crippen molar-refractivity contribution in [3.05, 3.63) is 27.9 Å². The molecule has 0 amide bonds. The monoisotopic (exact) mass is 248 g/mol.